The van der Waals surface area contributed by atoms with Gasteiger partial charge in [0, 0.05) is 32.2 Å². The second-order valence-corrected chi connectivity index (χ2v) is 6.72. The average molecular weight is 390 g/mol. The number of anilines is 2. The molecule has 2 amide bonds. The van der Waals surface area contributed by atoms with Gasteiger partial charge >= 0.3 is 12.0 Å². The van der Waals surface area contributed by atoms with E-state index in [1.807, 2.05) is 4.90 Å². The standard InChI is InChI=1S/C17H18N4O5S/c1-26-16(22)15-12(6-11-27-15)18-17(23)20-9-7-19(8-10-20)13-4-2-3-5-14(13)21(24)25/h2-6,11H,7-10H2,1H3,(H,18,23). The summed E-state index contributed by atoms with van der Waals surface area (Å²) in [5.74, 6) is -0.499. The molecule has 0 aliphatic carbocycles. The van der Waals surface area contributed by atoms with Crippen molar-refractivity contribution in [3.63, 3.8) is 0 Å². The van der Waals surface area contributed by atoms with Crippen LogP contribution in [0.5, 0.6) is 0 Å². The number of nitro benzene ring substituents is 1. The summed E-state index contributed by atoms with van der Waals surface area (Å²) < 4.78 is 4.70. The lowest BCUT2D eigenvalue weighted by Gasteiger charge is -2.35. The normalized spacial score (nSPS) is 14.0. The van der Waals surface area contributed by atoms with Crippen LogP contribution in [0.3, 0.4) is 0 Å². The second kappa shape index (κ2) is 8.04. The van der Waals surface area contributed by atoms with Crippen molar-refractivity contribution in [2.75, 3.05) is 43.5 Å². The van der Waals surface area contributed by atoms with Crippen LogP contribution in [0.1, 0.15) is 9.67 Å². The van der Waals surface area contributed by atoms with Gasteiger partial charge in [0.25, 0.3) is 5.69 Å². The van der Waals surface area contributed by atoms with Crippen LogP contribution >= 0.6 is 11.3 Å². The Bertz CT molecular complexity index is 861. The number of ether oxygens (including phenoxy) is 1. The monoisotopic (exact) mass is 390 g/mol. The van der Waals surface area contributed by atoms with Gasteiger partial charge in [0.2, 0.25) is 0 Å². The molecule has 3 rings (SSSR count). The molecule has 2 heterocycles. The van der Waals surface area contributed by atoms with E-state index in [1.165, 1.54) is 24.5 Å². The Hall–Kier alpha value is -3.14. The first-order valence-electron chi connectivity index (χ1n) is 8.21. The molecular formula is C17H18N4O5S. The zero-order valence-corrected chi connectivity index (χ0v) is 15.4. The van der Waals surface area contributed by atoms with E-state index in [4.69, 9.17) is 4.74 Å². The van der Waals surface area contributed by atoms with Gasteiger partial charge in [-0.05, 0) is 17.5 Å². The van der Waals surface area contributed by atoms with Gasteiger partial charge in [0.15, 0.2) is 0 Å². The van der Waals surface area contributed by atoms with E-state index in [9.17, 15) is 19.7 Å². The number of amides is 2. The molecule has 9 nitrogen and oxygen atoms in total. The number of para-hydroxylation sites is 2. The minimum Gasteiger partial charge on any atom is -0.465 e. The maximum atomic E-state index is 12.5. The van der Waals surface area contributed by atoms with Crippen LogP contribution < -0.4 is 10.2 Å². The number of carbonyl (C=O) groups excluding carboxylic acids is 2. The maximum absolute atomic E-state index is 12.5. The molecule has 1 fully saturated rings. The third-order valence-electron chi connectivity index (χ3n) is 4.26. The summed E-state index contributed by atoms with van der Waals surface area (Å²) in [6, 6.07) is 7.90. The highest BCUT2D eigenvalue weighted by atomic mass is 32.1. The number of methoxy groups -OCH3 is 1. The van der Waals surface area contributed by atoms with E-state index in [2.05, 4.69) is 5.32 Å². The number of rotatable bonds is 4. The van der Waals surface area contributed by atoms with E-state index in [1.54, 1.807) is 34.5 Å². The number of urea groups is 1. The number of nitrogens with zero attached hydrogens (tertiary/aromatic N) is 3. The Morgan fingerprint density at radius 3 is 2.56 bits per heavy atom. The Kier molecular flexibility index (Phi) is 5.55. The van der Waals surface area contributed by atoms with Crippen LogP contribution in [0.25, 0.3) is 0 Å². The SMILES string of the molecule is COC(=O)c1sccc1NC(=O)N1CCN(c2ccccc2[N+](=O)[O-])CC1. The number of nitrogens with one attached hydrogen (secondary N) is 1. The fraction of sp³-hybridized carbons (Fsp3) is 0.294. The molecule has 1 aliphatic rings. The molecule has 142 valence electrons. The largest absolute Gasteiger partial charge is 0.465 e. The minimum absolute atomic E-state index is 0.0522. The molecule has 1 aliphatic heterocycles. The molecule has 1 saturated heterocycles. The van der Waals surface area contributed by atoms with Crippen molar-refractivity contribution in [2.24, 2.45) is 0 Å². The number of carbonyl (C=O) groups is 2. The number of benzene rings is 1. The van der Waals surface area contributed by atoms with E-state index in [0.29, 0.717) is 42.4 Å². The molecule has 10 heteroatoms. The summed E-state index contributed by atoms with van der Waals surface area (Å²) in [4.78, 5) is 38.8. The van der Waals surface area contributed by atoms with Crippen molar-refractivity contribution in [1.82, 2.24) is 4.90 Å². The molecule has 0 unspecified atom stereocenters. The number of esters is 1. The van der Waals surface area contributed by atoms with Crippen LogP contribution in [-0.4, -0.2) is 55.1 Å². The van der Waals surface area contributed by atoms with Gasteiger partial charge in [-0.3, -0.25) is 10.1 Å². The maximum Gasteiger partial charge on any atom is 0.350 e. The number of thiophene rings is 1. The van der Waals surface area contributed by atoms with Gasteiger partial charge in [-0.1, -0.05) is 12.1 Å². The highest BCUT2D eigenvalue weighted by molar-refractivity contribution is 7.12. The van der Waals surface area contributed by atoms with E-state index < -0.39 is 10.9 Å². The Morgan fingerprint density at radius 1 is 1.19 bits per heavy atom. The van der Waals surface area contributed by atoms with Crippen molar-refractivity contribution in [1.29, 1.82) is 0 Å². The third kappa shape index (κ3) is 4.00. The van der Waals surface area contributed by atoms with E-state index in [0.717, 1.165) is 0 Å². The molecule has 1 aromatic heterocycles. The quantitative estimate of drug-likeness (QED) is 0.489. The zero-order chi connectivity index (χ0) is 19.4. The van der Waals surface area contributed by atoms with Gasteiger partial charge in [0.1, 0.15) is 10.6 Å². The van der Waals surface area contributed by atoms with Crippen molar-refractivity contribution in [3.05, 3.63) is 50.7 Å². The van der Waals surface area contributed by atoms with Gasteiger partial charge < -0.3 is 19.9 Å². The first kappa shape index (κ1) is 18.6. The van der Waals surface area contributed by atoms with Gasteiger partial charge in [-0.25, -0.2) is 9.59 Å². The van der Waals surface area contributed by atoms with E-state index >= 15 is 0 Å². The molecule has 0 saturated carbocycles. The molecule has 0 spiro atoms. The third-order valence-corrected chi connectivity index (χ3v) is 5.16. The fourth-order valence-electron chi connectivity index (χ4n) is 2.89. The fourth-order valence-corrected chi connectivity index (χ4v) is 3.65. The molecule has 0 bridgehead atoms. The predicted molar refractivity (Wildman–Crippen MR) is 102 cm³/mol. The van der Waals surface area contributed by atoms with Gasteiger partial charge in [-0.2, -0.15) is 0 Å². The molecule has 0 atom stereocenters. The Labute approximate surface area is 159 Å². The predicted octanol–water partition coefficient (Wildman–Crippen LogP) is 2.80. The smallest absolute Gasteiger partial charge is 0.350 e. The van der Waals surface area contributed by atoms with Crippen molar-refractivity contribution in [2.45, 2.75) is 0 Å². The Balaban J connectivity index is 1.63. The first-order valence-corrected chi connectivity index (χ1v) is 9.09. The summed E-state index contributed by atoms with van der Waals surface area (Å²) >= 11 is 1.19. The van der Waals surface area contributed by atoms with Gasteiger partial charge in [0.05, 0.1) is 17.7 Å². The molecule has 1 aromatic carbocycles. The van der Waals surface area contributed by atoms with Crippen molar-refractivity contribution in [3.8, 4) is 0 Å². The highest BCUT2D eigenvalue weighted by Gasteiger charge is 2.26. The second-order valence-electron chi connectivity index (χ2n) is 5.81. The van der Waals surface area contributed by atoms with Crippen LogP contribution in [0.15, 0.2) is 35.7 Å². The molecule has 2 aromatic rings. The van der Waals surface area contributed by atoms with E-state index in [-0.39, 0.29) is 11.7 Å². The summed E-state index contributed by atoms with van der Waals surface area (Å²) in [6.07, 6.45) is 0. The topological polar surface area (TPSA) is 105 Å². The number of hydrogen-bond donors (Lipinski definition) is 1. The first-order chi connectivity index (χ1) is 13.0. The van der Waals surface area contributed by atoms with Gasteiger partial charge in [-0.15, -0.1) is 11.3 Å². The zero-order valence-electron chi connectivity index (χ0n) is 14.6. The lowest BCUT2D eigenvalue weighted by atomic mass is 10.2. The van der Waals surface area contributed by atoms with Crippen LogP contribution in [0.2, 0.25) is 0 Å². The Morgan fingerprint density at radius 2 is 1.89 bits per heavy atom. The summed E-state index contributed by atoms with van der Waals surface area (Å²) in [6.45, 7) is 1.78. The highest BCUT2D eigenvalue weighted by Crippen LogP contribution is 2.28. The molecule has 1 N–H and O–H groups in total. The van der Waals surface area contributed by atoms with Crippen LogP contribution in [-0.2, 0) is 4.74 Å². The number of nitro groups is 1. The molecular weight excluding hydrogens is 372 g/mol. The van der Waals surface area contributed by atoms with Crippen LogP contribution in [0.4, 0.5) is 21.9 Å². The molecule has 0 radical (unpaired) electrons. The summed E-state index contributed by atoms with van der Waals surface area (Å²) in [5.41, 5.74) is 1.02. The number of piperazine rings is 1. The lowest BCUT2D eigenvalue weighted by Crippen LogP contribution is -2.50. The summed E-state index contributed by atoms with van der Waals surface area (Å²) in [7, 11) is 1.29. The lowest BCUT2D eigenvalue weighted by molar-refractivity contribution is -0.384. The number of hydrogen-bond acceptors (Lipinski definition) is 7. The van der Waals surface area contributed by atoms with Crippen molar-refractivity contribution < 1.29 is 19.2 Å². The van der Waals surface area contributed by atoms with Crippen molar-refractivity contribution >= 4 is 40.4 Å². The average Bonchev–Trinajstić information content (AvgIpc) is 3.15. The minimum atomic E-state index is -0.499. The molecule has 27 heavy (non-hydrogen) atoms. The van der Waals surface area contributed by atoms with Crippen LogP contribution in [0, 0.1) is 10.1 Å². The summed E-state index contributed by atoms with van der Waals surface area (Å²) in [5, 5.41) is 15.6.